The first-order valence-corrected chi connectivity index (χ1v) is 12.4. The van der Waals surface area contributed by atoms with Crippen molar-refractivity contribution < 1.29 is 9.59 Å². The zero-order valence-electron chi connectivity index (χ0n) is 18.7. The van der Waals surface area contributed by atoms with Gasteiger partial charge in [0.05, 0.1) is 0 Å². The van der Waals surface area contributed by atoms with Crippen molar-refractivity contribution in [3.05, 3.63) is 35.9 Å². The quantitative estimate of drug-likeness (QED) is 0.416. The molecule has 0 aromatic heterocycles. The van der Waals surface area contributed by atoms with Crippen molar-refractivity contribution in [2.45, 2.75) is 77.7 Å². The predicted octanol–water partition coefficient (Wildman–Crippen LogP) is 4.78. The van der Waals surface area contributed by atoms with E-state index in [1.165, 1.54) is 24.8 Å². The van der Waals surface area contributed by atoms with Crippen molar-refractivity contribution >= 4 is 24.4 Å². The van der Waals surface area contributed by atoms with Crippen molar-refractivity contribution in [3.8, 4) is 0 Å². The second-order valence-electron chi connectivity index (χ2n) is 9.17. The highest BCUT2D eigenvalue weighted by molar-refractivity contribution is 7.80. The molecular weight excluding hydrogens is 392 g/mol. The molecule has 5 heteroatoms. The Labute approximate surface area is 188 Å². The monoisotopic (exact) mass is 432 g/mol. The van der Waals surface area contributed by atoms with Crippen LogP contribution >= 0.6 is 12.6 Å². The first-order chi connectivity index (χ1) is 14.5. The molecule has 2 atom stereocenters. The Balaban J connectivity index is 1.97. The minimum Gasteiger partial charge on any atom is -0.354 e. The van der Waals surface area contributed by atoms with Crippen molar-refractivity contribution in [2.24, 2.45) is 17.8 Å². The lowest BCUT2D eigenvalue weighted by atomic mass is 9.84. The summed E-state index contributed by atoms with van der Waals surface area (Å²) < 4.78 is 0. The smallest absolute Gasteiger partial charge is 0.242 e. The Morgan fingerprint density at radius 2 is 1.77 bits per heavy atom. The Morgan fingerprint density at radius 3 is 2.40 bits per heavy atom. The van der Waals surface area contributed by atoms with Gasteiger partial charge in [0, 0.05) is 12.5 Å². The minimum absolute atomic E-state index is 0.0109. The number of rotatable bonds is 12. The highest BCUT2D eigenvalue weighted by Crippen LogP contribution is 2.27. The lowest BCUT2D eigenvalue weighted by Crippen LogP contribution is -2.50. The van der Waals surface area contributed by atoms with Crippen molar-refractivity contribution in [1.82, 2.24) is 10.6 Å². The molecule has 1 saturated carbocycles. The first-order valence-electron chi connectivity index (χ1n) is 11.7. The number of benzene rings is 1. The van der Waals surface area contributed by atoms with Gasteiger partial charge in [-0.2, -0.15) is 12.6 Å². The maximum Gasteiger partial charge on any atom is 0.242 e. The van der Waals surface area contributed by atoms with E-state index in [9.17, 15) is 9.59 Å². The maximum absolute atomic E-state index is 13.0. The molecule has 0 saturated heterocycles. The Bertz CT molecular complexity index is 629. The summed E-state index contributed by atoms with van der Waals surface area (Å²) in [5.74, 6) is 1.54. The standard InChI is InChI=1S/C25H40N2O2S/c1-19(2)17-22(14-16-30)24(28)27-23(18-21-11-7-4-8-12-21)25(29)26-15-13-20-9-5-3-6-10-20/h3,5-6,9-10,19,21-23,30H,4,7-8,11-18H2,1-2H3,(H,26,29)(H,27,28)/t22?,23-/m0/s1. The molecule has 1 aliphatic carbocycles. The summed E-state index contributed by atoms with van der Waals surface area (Å²) >= 11 is 4.34. The maximum atomic E-state index is 13.0. The van der Waals surface area contributed by atoms with E-state index in [1.807, 2.05) is 18.2 Å². The fraction of sp³-hybridized carbons (Fsp3) is 0.680. The summed E-state index contributed by atoms with van der Waals surface area (Å²) in [5.41, 5.74) is 1.21. The number of amides is 2. The van der Waals surface area contributed by atoms with E-state index in [0.29, 0.717) is 24.1 Å². The van der Waals surface area contributed by atoms with Crippen LogP contribution in [0, 0.1) is 17.8 Å². The summed E-state index contributed by atoms with van der Waals surface area (Å²) in [6.45, 7) is 4.86. The molecule has 2 N–H and O–H groups in total. The Kier molecular flexibility index (Phi) is 11.3. The first kappa shape index (κ1) is 24.8. The zero-order chi connectivity index (χ0) is 21.8. The second kappa shape index (κ2) is 13.7. The molecule has 1 aliphatic rings. The highest BCUT2D eigenvalue weighted by Gasteiger charge is 2.28. The third-order valence-electron chi connectivity index (χ3n) is 6.09. The van der Waals surface area contributed by atoms with Gasteiger partial charge in [-0.15, -0.1) is 0 Å². The fourth-order valence-corrected chi connectivity index (χ4v) is 4.77. The predicted molar refractivity (Wildman–Crippen MR) is 128 cm³/mol. The van der Waals surface area contributed by atoms with Gasteiger partial charge in [0.1, 0.15) is 6.04 Å². The van der Waals surface area contributed by atoms with E-state index in [4.69, 9.17) is 0 Å². The fourth-order valence-electron chi connectivity index (χ4n) is 4.46. The van der Waals surface area contributed by atoms with Crippen LogP contribution in [0.25, 0.3) is 0 Å². The van der Waals surface area contributed by atoms with Crippen LogP contribution in [0.1, 0.15) is 70.8 Å². The van der Waals surface area contributed by atoms with E-state index in [2.05, 4.69) is 49.2 Å². The van der Waals surface area contributed by atoms with Crippen molar-refractivity contribution in [1.29, 1.82) is 0 Å². The molecule has 1 fully saturated rings. The number of carbonyl (C=O) groups is 2. The van der Waals surface area contributed by atoms with Crippen LogP contribution in [0.5, 0.6) is 0 Å². The molecule has 168 valence electrons. The van der Waals surface area contributed by atoms with Crippen LogP contribution in [0.3, 0.4) is 0 Å². The van der Waals surface area contributed by atoms with Gasteiger partial charge in [-0.25, -0.2) is 0 Å². The van der Waals surface area contributed by atoms with Gasteiger partial charge in [0.15, 0.2) is 0 Å². The molecule has 1 aromatic rings. The van der Waals surface area contributed by atoms with E-state index in [-0.39, 0.29) is 17.7 Å². The van der Waals surface area contributed by atoms with Crippen LogP contribution in [0.4, 0.5) is 0 Å². The SMILES string of the molecule is CC(C)CC(CCS)C(=O)N[C@@H](CC1CCCCC1)C(=O)NCCc1ccccc1. The number of hydrogen-bond acceptors (Lipinski definition) is 3. The number of thiol groups is 1. The van der Waals surface area contributed by atoms with E-state index >= 15 is 0 Å². The van der Waals surface area contributed by atoms with Gasteiger partial charge in [-0.05, 0) is 48.8 Å². The van der Waals surface area contributed by atoms with Gasteiger partial charge in [0.2, 0.25) is 11.8 Å². The molecular formula is C25H40N2O2S. The second-order valence-corrected chi connectivity index (χ2v) is 9.61. The molecule has 0 bridgehead atoms. The third kappa shape index (κ3) is 9.11. The highest BCUT2D eigenvalue weighted by atomic mass is 32.1. The topological polar surface area (TPSA) is 58.2 Å². The molecule has 1 unspecified atom stereocenters. The molecule has 0 spiro atoms. The third-order valence-corrected chi connectivity index (χ3v) is 6.34. The van der Waals surface area contributed by atoms with Gasteiger partial charge < -0.3 is 10.6 Å². The molecule has 30 heavy (non-hydrogen) atoms. The van der Waals surface area contributed by atoms with E-state index < -0.39 is 6.04 Å². The molecule has 0 aliphatic heterocycles. The number of hydrogen-bond donors (Lipinski definition) is 3. The van der Waals surface area contributed by atoms with E-state index in [1.54, 1.807) is 0 Å². The van der Waals surface area contributed by atoms with Crippen LogP contribution in [-0.4, -0.2) is 30.2 Å². The number of nitrogens with one attached hydrogen (secondary N) is 2. The Morgan fingerprint density at radius 1 is 1.07 bits per heavy atom. The number of carbonyl (C=O) groups excluding carboxylic acids is 2. The summed E-state index contributed by atoms with van der Waals surface area (Å²) in [4.78, 5) is 26.0. The molecule has 2 amide bonds. The van der Waals surface area contributed by atoms with Crippen molar-refractivity contribution in [2.75, 3.05) is 12.3 Å². The van der Waals surface area contributed by atoms with Crippen molar-refractivity contribution in [3.63, 3.8) is 0 Å². The lowest BCUT2D eigenvalue weighted by molar-refractivity contribution is -0.132. The molecule has 0 heterocycles. The summed E-state index contributed by atoms with van der Waals surface area (Å²) in [6, 6.07) is 9.73. The van der Waals surface area contributed by atoms with Gasteiger partial charge >= 0.3 is 0 Å². The largest absolute Gasteiger partial charge is 0.354 e. The molecule has 2 rings (SSSR count). The zero-order valence-corrected chi connectivity index (χ0v) is 19.6. The Hall–Kier alpha value is -1.49. The molecule has 0 radical (unpaired) electrons. The minimum atomic E-state index is -0.439. The van der Waals surface area contributed by atoms with E-state index in [0.717, 1.165) is 38.5 Å². The summed E-state index contributed by atoms with van der Waals surface area (Å²) in [7, 11) is 0. The van der Waals surface area contributed by atoms with Crippen LogP contribution in [-0.2, 0) is 16.0 Å². The van der Waals surface area contributed by atoms with Gasteiger partial charge in [0.25, 0.3) is 0 Å². The summed E-state index contributed by atoms with van der Waals surface area (Å²) in [6.07, 6.45) is 9.20. The van der Waals surface area contributed by atoms with Gasteiger partial charge in [-0.3, -0.25) is 9.59 Å². The molecule has 4 nitrogen and oxygen atoms in total. The molecule has 1 aromatic carbocycles. The van der Waals surface area contributed by atoms with Crippen LogP contribution in [0.2, 0.25) is 0 Å². The normalized spacial score (nSPS) is 16.8. The average molecular weight is 433 g/mol. The average Bonchev–Trinajstić information content (AvgIpc) is 2.74. The van der Waals surface area contributed by atoms with Gasteiger partial charge in [-0.1, -0.05) is 76.3 Å². The summed E-state index contributed by atoms with van der Waals surface area (Å²) in [5, 5.41) is 6.19. The van der Waals surface area contributed by atoms with Crippen LogP contribution in [0.15, 0.2) is 30.3 Å². The van der Waals surface area contributed by atoms with Crippen LogP contribution < -0.4 is 10.6 Å². The lowest BCUT2D eigenvalue weighted by Gasteiger charge is -2.28.